The van der Waals surface area contributed by atoms with E-state index in [9.17, 15) is 14.4 Å². The number of carbonyl (C=O) groups is 3. The molecule has 4 rings (SSSR count). The molecule has 1 aromatic rings. The monoisotopic (exact) mass is 430 g/mol. The lowest BCUT2D eigenvalue weighted by molar-refractivity contribution is -0.142. The van der Waals surface area contributed by atoms with E-state index in [2.05, 4.69) is 10.6 Å². The molecule has 0 aromatic heterocycles. The van der Waals surface area contributed by atoms with Gasteiger partial charge in [0, 0.05) is 19.1 Å². The lowest BCUT2D eigenvalue weighted by Gasteiger charge is -2.38. The molecule has 2 N–H and O–H groups in total. The summed E-state index contributed by atoms with van der Waals surface area (Å²) in [6.07, 6.45) is 4.58. The van der Waals surface area contributed by atoms with Crippen molar-refractivity contribution < 1.29 is 23.9 Å². The normalized spacial score (nSPS) is 21.6. The molecule has 3 aliphatic rings. The van der Waals surface area contributed by atoms with Crippen LogP contribution in [0.2, 0.25) is 0 Å². The summed E-state index contributed by atoms with van der Waals surface area (Å²) in [4.78, 5) is 41.3. The molecule has 9 heteroatoms. The number of urea groups is 1. The molecule has 1 atom stereocenters. The maximum absolute atomic E-state index is 12.9. The number of ether oxygens (including phenoxy) is 2. The molecule has 1 aliphatic carbocycles. The van der Waals surface area contributed by atoms with Crippen LogP contribution in [0.4, 0.5) is 10.5 Å². The third kappa shape index (κ3) is 5.46. The van der Waals surface area contributed by atoms with Crippen LogP contribution in [0, 0.1) is 0 Å². The molecule has 2 heterocycles. The van der Waals surface area contributed by atoms with Crippen molar-refractivity contribution in [2.75, 3.05) is 44.3 Å². The average molecular weight is 431 g/mol. The predicted octanol–water partition coefficient (Wildman–Crippen LogP) is 1.27. The van der Waals surface area contributed by atoms with E-state index in [-0.39, 0.29) is 25.0 Å². The van der Waals surface area contributed by atoms with Gasteiger partial charge in [-0.2, -0.15) is 0 Å². The molecule has 0 unspecified atom stereocenters. The van der Waals surface area contributed by atoms with Crippen LogP contribution < -0.4 is 20.3 Å². The third-order valence-electron chi connectivity index (χ3n) is 5.99. The van der Waals surface area contributed by atoms with Crippen LogP contribution in [0.3, 0.4) is 0 Å². The second-order valence-electron chi connectivity index (χ2n) is 8.25. The molecule has 4 amide bonds. The van der Waals surface area contributed by atoms with Gasteiger partial charge in [-0.05, 0) is 25.0 Å². The molecule has 0 spiro atoms. The fraction of sp³-hybridized carbons (Fsp3) is 0.591. The highest BCUT2D eigenvalue weighted by atomic mass is 16.5. The van der Waals surface area contributed by atoms with Gasteiger partial charge in [0.2, 0.25) is 5.91 Å². The number of nitrogens with zero attached hydrogens (tertiary/aromatic N) is 2. The Morgan fingerprint density at radius 3 is 2.55 bits per heavy atom. The summed E-state index contributed by atoms with van der Waals surface area (Å²) in [6, 6.07) is 6.98. The van der Waals surface area contributed by atoms with Crippen molar-refractivity contribution >= 4 is 23.5 Å². The highest BCUT2D eigenvalue weighted by molar-refractivity contribution is 5.97. The Morgan fingerprint density at radius 2 is 1.77 bits per heavy atom. The SMILES string of the molecule is O=C(CN1C[C@H](C(=O)N2CCOCC2)Oc2ccccc21)NC(=O)NC1CCCCC1. The number of amides is 4. The Labute approximate surface area is 182 Å². The van der Waals surface area contributed by atoms with Crippen LogP contribution in [0.1, 0.15) is 32.1 Å². The molecule has 0 bridgehead atoms. The molecule has 1 aromatic carbocycles. The zero-order chi connectivity index (χ0) is 21.6. The van der Waals surface area contributed by atoms with Crippen molar-refractivity contribution in [1.29, 1.82) is 0 Å². The first kappa shape index (κ1) is 21.4. The van der Waals surface area contributed by atoms with Gasteiger partial charge in [-0.15, -0.1) is 0 Å². The number of anilines is 1. The zero-order valence-electron chi connectivity index (χ0n) is 17.7. The lowest BCUT2D eigenvalue weighted by Crippen LogP contribution is -2.55. The number of rotatable bonds is 4. The van der Waals surface area contributed by atoms with Gasteiger partial charge in [0.05, 0.1) is 32.0 Å². The number of fused-ring (bicyclic) bond motifs is 1. The number of para-hydroxylation sites is 2. The van der Waals surface area contributed by atoms with Crippen LogP contribution in [-0.4, -0.2) is 74.3 Å². The summed E-state index contributed by atoms with van der Waals surface area (Å²) in [5, 5.41) is 5.32. The Bertz CT molecular complexity index is 805. The fourth-order valence-corrected chi connectivity index (χ4v) is 4.38. The third-order valence-corrected chi connectivity index (χ3v) is 5.99. The van der Waals surface area contributed by atoms with Crippen molar-refractivity contribution in [1.82, 2.24) is 15.5 Å². The Balaban J connectivity index is 1.38. The highest BCUT2D eigenvalue weighted by Crippen LogP contribution is 2.33. The topological polar surface area (TPSA) is 100 Å². The maximum atomic E-state index is 12.9. The van der Waals surface area contributed by atoms with Gasteiger partial charge in [0.1, 0.15) is 5.75 Å². The first-order valence-corrected chi connectivity index (χ1v) is 11.1. The first-order valence-electron chi connectivity index (χ1n) is 11.1. The fourth-order valence-electron chi connectivity index (χ4n) is 4.38. The summed E-state index contributed by atoms with van der Waals surface area (Å²) >= 11 is 0. The molecule has 1 saturated heterocycles. The van der Waals surface area contributed by atoms with E-state index in [1.807, 2.05) is 18.2 Å². The van der Waals surface area contributed by atoms with E-state index in [1.165, 1.54) is 6.42 Å². The first-order chi connectivity index (χ1) is 15.1. The standard InChI is InChI=1S/C22H30N4O5/c27-20(24-22(29)23-16-6-2-1-3-7-16)15-26-14-19(21(28)25-10-12-30-13-11-25)31-18-9-5-4-8-17(18)26/h4-5,8-9,16,19H,1-3,6-7,10-15H2,(H2,23,24,27,29)/t19-/m1/s1. The van der Waals surface area contributed by atoms with E-state index < -0.39 is 18.0 Å². The van der Waals surface area contributed by atoms with Crippen LogP contribution in [0.15, 0.2) is 24.3 Å². The Hall–Kier alpha value is -2.81. The number of hydrogen-bond donors (Lipinski definition) is 2. The van der Waals surface area contributed by atoms with Crippen molar-refractivity contribution in [2.45, 2.75) is 44.2 Å². The van der Waals surface area contributed by atoms with Gasteiger partial charge in [-0.1, -0.05) is 31.4 Å². The van der Waals surface area contributed by atoms with Crippen LogP contribution in [-0.2, 0) is 14.3 Å². The zero-order valence-corrected chi connectivity index (χ0v) is 17.7. The molecule has 2 aliphatic heterocycles. The number of hydrogen-bond acceptors (Lipinski definition) is 6. The van der Waals surface area contributed by atoms with Gasteiger partial charge < -0.3 is 24.6 Å². The lowest BCUT2D eigenvalue weighted by atomic mass is 9.96. The number of carbonyl (C=O) groups excluding carboxylic acids is 3. The largest absolute Gasteiger partial charge is 0.477 e. The van der Waals surface area contributed by atoms with E-state index in [0.29, 0.717) is 32.1 Å². The van der Waals surface area contributed by atoms with Crippen molar-refractivity contribution in [3.05, 3.63) is 24.3 Å². The van der Waals surface area contributed by atoms with E-state index in [0.717, 1.165) is 31.4 Å². The number of imide groups is 1. The summed E-state index contributed by atoms with van der Waals surface area (Å²) in [6.45, 7) is 2.29. The second kappa shape index (κ2) is 10.00. The van der Waals surface area contributed by atoms with Gasteiger partial charge in [-0.25, -0.2) is 4.79 Å². The Kier molecular flexibility index (Phi) is 6.91. The average Bonchev–Trinajstić information content (AvgIpc) is 2.79. The minimum Gasteiger partial charge on any atom is -0.477 e. The minimum atomic E-state index is -0.711. The molecule has 9 nitrogen and oxygen atoms in total. The number of benzene rings is 1. The van der Waals surface area contributed by atoms with Crippen molar-refractivity contribution in [3.8, 4) is 5.75 Å². The summed E-state index contributed by atoms with van der Waals surface area (Å²) in [5.74, 6) is 0.0284. The molecule has 31 heavy (non-hydrogen) atoms. The maximum Gasteiger partial charge on any atom is 0.321 e. The van der Waals surface area contributed by atoms with E-state index in [4.69, 9.17) is 9.47 Å². The predicted molar refractivity (Wildman–Crippen MR) is 114 cm³/mol. The van der Waals surface area contributed by atoms with Crippen molar-refractivity contribution in [3.63, 3.8) is 0 Å². The van der Waals surface area contributed by atoms with Crippen LogP contribution in [0.5, 0.6) is 5.75 Å². The molecule has 168 valence electrons. The van der Waals surface area contributed by atoms with Crippen LogP contribution in [0.25, 0.3) is 0 Å². The molecular weight excluding hydrogens is 400 g/mol. The van der Waals surface area contributed by atoms with Crippen LogP contribution >= 0.6 is 0 Å². The number of nitrogens with one attached hydrogen (secondary N) is 2. The Morgan fingerprint density at radius 1 is 1.03 bits per heavy atom. The van der Waals surface area contributed by atoms with Gasteiger partial charge >= 0.3 is 6.03 Å². The summed E-state index contributed by atoms with van der Waals surface area (Å²) in [5.41, 5.74) is 0.733. The van der Waals surface area contributed by atoms with E-state index in [1.54, 1.807) is 15.9 Å². The van der Waals surface area contributed by atoms with Gasteiger partial charge in [0.15, 0.2) is 6.10 Å². The van der Waals surface area contributed by atoms with E-state index >= 15 is 0 Å². The molecule has 0 radical (unpaired) electrons. The minimum absolute atomic E-state index is 0.0364. The smallest absolute Gasteiger partial charge is 0.321 e. The quantitative estimate of drug-likeness (QED) is 0.746. The molecular formula is C22H30N4O5. The van der Waals surface area contributed by atoms with Gasteiger partial charge in [0.25, 0.3) is 5.91 Å². The summed E-state index contributed by atoms with van der Waals surface area (Å²) in [7, 11) is 0. The summed E-state index contributed by atoms with van der Waals surface area (Å²) < 4.78 is 11.3. The van der Waals surface area contributed by atoms with Gasteiger partial charge in [-0.3, -0.25) is 14.9 Å². The van der Waals surface area contributed by atoms with Crippen molar-refractivity contribution in [2.24, 2.45) is 0 Å². The molecule has 1 saturated carbocycles. The molecule has 2 fully saturated rings. The second-order valence-corrected chi connectivity index (χ2v) is 8.25. The number of morpholine rings is 1. The highest BCUT2D eigenvalue weighted by Gasteiger charge is 2.34.